The molecule has 1 heterocycles. The molecule has 6 heteroatoms. The number of fused-ring (bicyclic) bond motifs is 1. The van der Waals surface area contributed by atoms with Gasteiger partial charge in [-0.1, -0.05) is 0 Å². The second-order valence-corrected chi connectivity index (χ2v) is 5.42. The van der Waals surface area contributed by atoms with Gasteiger partial charge in [0.05, 0.1) is 15.1 Å². The Kier molecular flexibility index (Phi) is 2.94. The Balaban J connectivity index is 2.11. The summed E-state index contributed by atoms with van der Waals surface area (Å²) in [6.07, 6.45) is 0. The number of hydrogen-bond donors (Lipinski definition) is 0. The molecule has 0 radical (unpaired) electrons. The highest BCUT2D eigenvalue weighted by Crippen LogP contribution is 2.32. The summed E-state index contributed by atoms with van der Waals surface area (Å²) in [6.45, 7) is 1.69. The van der Waals surface area contributed by atoms with Crippen LogP contribution < -0.4 is 0 Å². The van der Waals surface area contributed by atoms with Crippen LogP contribution in [0.3, 0.4) is 0 Å². The van der Waals surface area contributed by atoms with Crippen LogP contribution in [-0.4, -0.2) is 9.91 Å². The van der Waals surface area contributed by atoms with Crippen LogP contribution in [0.25, 0.3) is 20.8 Å². The van der Waals surface area contributed by atoms with Crippen molar-refractivity contribution >= 4 is 27.2 Å². The molecule has 4 nitrogen and oxygen atoms in total. The molecule has 0 saturated carbocycles. The second kappa shape index (κ2) is 4.64. The van der Waals surface area contributed by atoms with Gasteiger partial charge in [-0.15, -0.1) is 11.3 Å². The molecule has 0 amide bonds. The van der Waals surface area contributed by atoms with Crippen molar-refractivity contribution in [3.63, 3.8) is 0 Å². The molecule has 3 rings (SSSR count). The first-order valence-electron chi connectivity index (χ1n) is 5.86. The molecule has 2 aromatic carbocycles. The number of benzene rings is 2. The Morgan fingerprint density at radius 3 is 2.75 bits per heavy atom. The maximum absolute atomic E-state index is 13.2. The van der Waals surface area contributed by atoms with Gasteiger partial charge in [-0.3, -0.25) is 10.1 Å². The van der Waals surface area contributed by atoms with Gasteiger partial charge in [0, 0.05) is 17.2 Å². The molecule has 0 fully saturated rings. The number of aryl methyl sites for hydroxylation is 1. The molecule has 0 aliphatic carbocycles. The van der Waals surface area contributed by atoms with E-state index in [1.165, 1.54) is 29.5 Å². The fourth-order valence-electron chi connectivity index (χ4n) is 2.02. The molecular formula is C14H9FN2O2S. The molecule has 0 bridgehead atoms. The Hall–Kier alpha value is -2.34. The maximum atomic E-state index is 13.2. The van der Waals surface area contributed by atoms with E-state index in [9.17, 15) is 14.5 Å². The van der Waals surface area contributed by atoms with Gasteiger partial charge in [0.15, 0.2) is 0 Å². The quantitative estimate of drug-likeness (QED) is 0.521. The summed E-state index contributed by atoms with van der Waals surface area (Å²) >= 11 is 1.37. The molecule has 100 valence electrons. The molecule has 0 aliphatic rings. The lowest BCUT2D eigenvalue weighted by Crippen LogP contribution is -1.91. The van der Waals surface area contributed by atoms with Gasteiger partial charge < -0.3 is 0 Å². The van der Waals surface area contributed by atoms with Gasteiger partial charge >= 0.3 is 0 Å². The van der Waals surface area contributed by atoms with Crippen molar-refractivity contribution in [1.29, 1.82) is 0 Å². The van der Waals surface area contributed by atoms with Gasteiger partial charge in [-0.25, -0.2) is 9.37 Å². The topological polar surface area (TPSA) is 56.0 Å². The highest BCUT2D eigenvalue weighted by atomic mass is 32.1. The van der Waals surface area contributed by atoms with E-state index in [2.05, 4.69) is 4.98 Å². The smallest absolute Gasteiger partial charge is 0.258 e. The molecule has 0 saturated heterocycles. The predicted molar refractivity (Wildman–Crippen MR) is 76.4 cm³/mol. The zero-order valence-electron chi connectivity index (χ0n) is 10.5. The molecule has 0 atom stereocenters. The van der Waals surface area contributed by atoms with E-state index in [-0.39, 0.29) is 11.5 Å². The lowest BCUT2D eigenvalue weighted by Gasteiger charge is -1.99. The fourth-order valence-corrected chi connectivity index (χ4v) is 3.00. The Morgan fingerprint density at radius 1 is 1.25 bits per heavy atom. The van der Waals surface area contributed by atoms with Crippen molar-refractivity contribution in [3.05, 3.63) is 57.9 Å². The monoisotopic (exact) mass is 288 g/mol. The van der Waals surface area contributed by atoms with E-state index < -0.39 is 4.92 Å². The summed E-state index contributed by atoms with van der Waals surface area (Å²) in [6, 6.07) is 9.30. The highest BCUT2D eigenvalue weighted by molar-refractivity contribution is 7.21. The number of rotatable bonds is 2. The third-order valence-electron chi connectivity index (χ3n) is 2.99. The molecule has 0 spiro atoms. The zero-order valence-corrected chi connectivity index (χ0v) is 11.3. The lowest BCUT2D eigenvalue weighted by atomic mass is 10.1. The van der Waals surface area contributed by atoms with E-state index in [0.717, 1.165) is 20.8 Å². The van der Waals surface area contributed by atoms with Crippen molar-refractivity contribution in [3.8, 4) is 10.6 Å². The minimum Gasteiger partial charge on any atom is -0.258 e. The number of thiazole rings is 1. The molecule has 3 aromatic rings. The van der Waals surface area contributed by atoms with Crippen molar-refractivity contribution < 1.29 is 9.31 Å². The molecule has 0 N–H and O–H groups in total. The number of aromatic nitrogens is 1. The lowest BCUT2D eigenvalue weighted by molar-refractivity contribution is -0.385. The standard InChI is InChI=1S/C14H9FN2O2S/c1-8-6-9(2-5-12(8)17(18)19)14-16-11-4-3-10(15)7-13(11)20-14/h2-7H,1H3. The molecular weight excluding hydrogens is 279 g/mol. The van der Waals surface area contributed by atoms with Gasteiger partial charge in [0.25, 0.3) is 5.69 Å². The average molecular weight is 288 g/mol. The van der Waals surface area contributed by atoms with Gasteiger partial charge in [-0.2, -0.15) is 0 Å². The van der Waals surface area contributed by atoms with Crippen LogP contribution in [-0.2, 0) is 0 Å². The van der Waals surface area contributed by atoms with E-state index in [1.54, 1.807) is 25.1 Å². The molecule has 1 aromatic heterocycles. The number of nitro groups is 1. The Morgan fingerprint density at radius 2 is 2.05 bits per heavy atom. The van der Waals surface area contributed by atoms with Gasteiger partial charge in [0.1, 0.15) is 10.8 Å². The van der Waals surface area contributed by atoms with Crippen LogP contribution in [0.1, 0.15) is 5.56 Å². The van der Waals surface area contributed by atoms with Crippen LogP contribution in [0, 0.1) is 22.9 Å². The second-order valence-electron chi connectivity index (χ2n) is 4.39. The maximum Gasteiger partial charge on any atom is 0.272 e. The number of hydrogen-bond acceptors (Lipinski definition) is 4. The highest BCUT2D eigenvalue weighted by Gasteiger charge is 2.13. The normalized spacial score (nSPS) is 10.9. The summed E-state index contributed by atoms with van der Waals surface area (Å²) in [5.41, 5.74) is 2.19. The predicted octanol–water partition coefficient (Wildman–Crippen LogP) is 4.32. The zero-order chi connectivity index (χ0) is 14.3. The first-order chi connectivity index (χ1) is 9.54. The third-order valence-corrected chi connectivity index (χ3v) is 4.06. The van der Waals surface area contributed by atoms with Crippen molar-refractivity contribution in [2.75, 3.05) is 0 Å². The van der Waals surface area contributed by atoms with Gasteiger partial charge in [0.2, 0.25) is 0 Å². The largest absolute Gasteiger partial charge is 0.272 e. The van der Waals surface area contributed by atoms with E-state index in [4.69, 9.17) is 0 Å². The summed E-state index contributed by atoms with van der Waals surface area (Å²) in [5, 5.41) is 11.5. The summed E-state index contributed by atoms with van der Waals surface area (Å²) < 4.78 is 13.9. The van der Waals surface area contributed by atoms with Crippen molar-refractivity contribution in [2.24, 2.45) is 0 Å². The summed E-state index contributed by atoms with van der Waals surface area (Å²) in [7, 11) is 0. The molecule has 0 aliphatic heterocycles. The Labute approximate surface area is 117 Å². The molecule has 20 heavy (non-hydrogen) atoms. The number of nitro benzene ring substituents is 1. The number of halogens is 1. The Bertz CT molecular complexity index is 829. The average Bonchev–Trinajstić information content (AvgIpc) is 2.81. The van der Waals surface area contributed by atoms with Gasteiger partial charge in [-0.05, 0) is 37.3 Å². The minimum atomic E-state index is -0.410. The first-order valence-corrected chi connectivity index (χ1v) is 6.68. The van der Waals surface area contributed by atoms with Crippen LogP contribution in [0.15, 0.2) is 36.4 Å². The van der Waals surface area contributed by atoms with Crippen molar-refractivity contribution in [1.82, 2.24) is 4.98 Å². The van der Waals surface area contributed by atoms with E-state index >= 15 is 0 Å². The summed E-state index contributed by atoms with van der Waals surface area (Å²) in [4.78, 5) is 14.8. The van der Waals surface area contributed by atoms with E-state index in [1.807, 2.05) is 0 Å². The van der Waals surface area contributed by atoms with Crippen LogP contribution >= 0.6 is 11.3 Å². The van der Waals surface area contributed by atoms with Crippen LogP contribution in [0.5, 0.6) is 0 Å². The van der Waals surface area contributed by atoms with Crippen LogP contribution in [0.2, 0.25) is 0 Å². The van der Waals surface area contributed by atoms with E-state index in [0.29, 0.717) is 5.56 Å². The molecule has 0 unspecified atom stereocenters. The minimum absolute atomic E-state index is 0.0842. The fraction of sp³-hybridized carbons (Fsp3) is 0.0714. The summed E-state index contributed by atoms with van der Waals surface area (Å²) in [5.74, 6) is -0.299. The van der Waals surface area contributed by atoms with Crippen molar-refractivity contribution in [2.45, 2.75) is 6.92 Å². The SMILES string of the molecule is Cc1cc(-c2nc3ccc(F)cc3s2)ccc1[N+](=O)[O-]. The third kappa shape index (κ3) is 2.14. The number of nitrogens with zero attached hydrogens (tertiary/aromatic N) is 2. The van der Waals surface area contributed by atoms with Crippen LogP contribution in [0.4, 0.5) is 10.1 Å². The first kappa shape index (κ1) is 12.7.